The van der Waals surface area contributed by atoms with Gasteiger partial charge in [-0.15, -0.1) is 0 Å². The topological polar surface area (TPSA) is 32.3 Å². The van der Waals surface area contributed by atoms with Crippen molar-refractivity contribution in [3.63, 3.8) is 0 Å². The van der Waals surface area contributed by atoms with E-state index in [0.717, 1.165) is 12.8 Å². The van der Waals surface area contributed by atoms with Gasteiger partial charge in [0.2, 0.25) is 5.91 Å². The van der Waals surface area contributed by atoms with Crippen LogP contribution in [-0.4, -0.2) is 31.4 Å². The zero-order chi connectivity index (χ0) is 15.2. The number of hydrogen-bond donors (Lipinski definition) is 1. The number of hydrogen-bond acceptors (Lipinski definition) is 2. The van der Waals surface area contributed by atoms with Gasteiger partial charge in [-0.2, -0.15) is 0 Å². The van der Waals surface area contributed by atoms with E-state index < -0.39 is 0 Å². The predicted molar refractivity (Wildman–Crippen MR) is 87.2 cm³/mol. The zero-order valence-electron chi connectivity index (χ0n) is 13.6. The van der Waals surface area contributed by atoms with Crippen molar-refractivity contribution in [2.75, 3.05) is 20.6 Å². The minimum absolute atomic E-state index is 0.234. The molecular formula is C18H28N2O. The third-order valence-electron chi connectivity index (χ3n) is 4.53. The molecule has 1 atom stereocenters. The summed E-state index contributed by atoms with van der Waals surface area (Å²) >= 11 is 0. The van der Waals surface area contributed by atoms with Crippen molar-refractivity contribution in [2.45, 2.75) is 45.1 Å². The van der Waals surface area contributed by atoms with Crippen molar-refractivity contribution in [1.29, 1.82) is 0 Å². The third kappa shape index (κ3) is 4.57. The van der Waals surface area contributed by atoms with E-state index in [2.05, 4.69) is 55.5 Å². The van der Waals surface area contributed by atoms with Crippen LogP contribution in [0.25, 0.3) is 0 Å². The molecule has 0 radical (unpaired) electrons. The number of carbonyl (C=O) groups is 1. The summed E-state index contributed by atoms with van der Waals surface area (Å²) in [6.07, 6.45) is 5.81. The summed E-state index contributed by atoms with van der Waals surface area (Å²) in [5.74, 6) is 0.480. The molecule has 0 aliphatic heterocycles. The fourth-order valence-corrected chi connectivity index (χ4v) is 3.09. The molecule has 0 bridgehead atoms. The molecule has 0 saturated heterocycles. The highest BCUT2D eigenvalue weighted by Crippen LogP contribution is 2.24. The monoisotopic (exact) mass is 288 g/mol. The van der Waals surface area contributed by atoms with E-state index in [9.17, 15) is 4.79 Å². The molecule has 1 unspecified atom stereocenters. The molecule has 3 heteroatoms. The Morgan fingerprint density at radius 3 is 2.38 bits per heavy atom. The van der Waals surface area contributed by atoms with Crippen LogP contribution in [0.1, 0.15) is 49.3 Å². The highest BCUT2D eigenvalue weighted by atomic mass is 16.1. The van der Waals surface area contributed by atoms with Gasteiger partial charge < -0.3 is 10.2 Å². The Morgan fingerprint density at radius 1 is 1.19 bits per heavy atom. The molecule has 1 aliphatic rings. The number of nitrogens with zero attached hydrogens (tertiary/aromatic N) is 1. The average molecular weight is 288 g/mol. The van der Waals surface area contributed by atoms with Crippen LogP contribution in [0.3, 0.4) is 0 Å². The Kier molecular flexibility index (Phi) is 5.80. The molecule has 2 rings (SSSR count). The third-order valence-corrected chi connectivity index (χ3v) is 4.53. The molecule has 1 aliphatic carbocycles. The molecule has 1 aromatic carbocycles. The lowest BCUT2D eigenvalue weighted by molar-refractivity contribution is -0.126. The number of rotatable bonds is 5. The minimum atomic E-state index is 0.234. The smallest absolute Gasteiger partial charge is 0.223 e. The van der Waals surface area contributed by atoms with E-state index in [-0.39, 0.29) is 17.9 Å². The van der Waals surface area contributed by atoms with Crippen LogP contribution in [0.2, 0.25) is 0 Å². The van der Waals surface area contributed by atoms with Gasteiger partial charge in [0.05, 0.1) is 6.04 Å². The summed E-state index contributed by atoms with van der Waals surface area (Å²) < 4.78 is 0. The Hall–Kier alpha value is -1.35. The number of carbonyl (C=O) groups excluding carboxylic acids is 1. The Morgan fingerprint density at radius 2 is 1.81 bits per heavy atom. The number of nitrogens with one attached hydrogen (secondary N) is 1. The molecule has 116 valence electrons. The molecule has 1 N–H and O–H groups in total. The van der Waals surface area contributed by atoms with E-state index in [1.165, 1.54) is 30.4 Å². The van der Waals surface area contributed by atoms with Gasteiger partial charge in [0.15, 0.2) is 0 Å². The second-order valence-corrected chi connectivity index (χ2v) is 6.47. The standard InChI is InChI=1S/C18H28N2O/c1-14-9-11-15(12-10-14)17(20(2)3)13-19-18(21)16-7-5-4-6-8-16/h9-12,16-17H,4-8,13H2,1-3H3,(H,19,21). The molecule has 21 heavy (non-hydrogen) atoms. The van der Waals surface area contributed by atoms with Crippen molar-refractivity contribution in [3.8, 4) is 0 Å². The SMILES string of the molecule is Cc1ccc(C(CNC(=O)C2CCCCC2)N(C)C)cc1. The van der Waals surface area contributed by atoms with E-state index in [0.29, 0.717) is 6.54 Å². The second-order valence-electron chi connectivity index (χ2n) is 6.47. The maximum atomic E-state index is 12.3. The normalized spacial score (nSPS) is 17.7. The van der Waals surface area contributed by atoms with Gasteiger partial charge in [-0.1, -0.05) is 49.1 Å². The summed E-state index contributed by atoms with van der Waals surface area (Å²) in [7, 11) is 4.13. The first-order valence-electron chi connectivity index (χ1n) is 8.08. The number of amides is 1. The Balaban J connectivity index is 1.93. The minimum Gasteiger partial charge on any atom is -0.354 e. The van der Waals surface area contributed by atoms with Gasteiger partial charge in [0.25, 0.3) is 0 Å². The van der Waals surface area contributed by atoms with Crippen LogP contribution >= 0.6 is 0 Å². The zero-order valence-corrected chi connectivity index (χ0v) is 13.6. The van der Waals surface area contributed by atoms with Gasteiger partial charge in [0, 0.05) is 12.5 Å². The van der Waals surface area contributed by atoms with Crippen molar-refractivity contribution in [3.05, 3.63) is 35.4 Å². The Labute approximate surface area is 128 Å². The lowest BCUT2D eigenvalue weighted by Gasteiger charge is -2.27. The first-order chi connectivity index (χ1) is 10.1. The summed E-state index contributed by atoms with van der Waals surface area (Å²) in [6, 6.07) is 8.82. The fraction of sp³-hybridized carbons (Fsp3) is 0.611. The second kappa shape index (κ2) is 7.60. The first kappa shape index (κ1) is 16.0. The van der Waals surface area contributed by atoms with E-state index in [1.807, 2.05) is 0 Å². The van der Waals surface area contributed by atoms with Crippen molar-refractivity contribution in [2.24, 2.45) is 5.92 Å². The van der Waals surface area contributed by atoms with Gasteiger partial charge in [-0.3, -0.25) is 4.79 Å². The number of benzene rings is 1. The highest BCUT2D eigenvalue weighted by molar-refractivity contribution is 5.78. The lowest BCUT2D eigenvalue weighted by atomic mass is 9.88. The Bertz CT molecular complexity index is 447. The quantitative estimate of drug-likeness (QED) is 0.901. The number of likely N-dealkylation sites (N-methyl/N-ethyl adjacent to an activating group) is 1. The largest absolute Gasteiger partial charge is 0.354 e. The molecule has 1 aromatic rings. The maximum absolute atomic E-state index is 12.3. The van der Waals surface area contributed by atoms with Crippen LogP contribution in [0.5, 0.6) is 0 Å². The van der Waals surface area contributed by atoms with Crippen molar-refractivity contribution < 1.29 is 4.79 Å². The predicted octanol–water partition coefficient (Wildman–Crippen LogP) is 3.29. The lowest BCUT2D eigenvalue weighted by Crippen LogP contribution is -2.38. The average Bonchev–Trinajstić information content (AvgIpc) is 2.49. The van der Waals surface area contributed by atoms with Crippen LogP contribution in [-0.2, 0) is 4.79 Å². The molecule has 1 saturated carbocycles. The molecular weight excluding hydrogens is 260 g/mol. The maximum Gasteiger partial charge on any atom is 0.223 e. The summed E-state index contributed by atoms with van der Waals surface area (Å²) in [6.45, 7) is 2.78. The molecule has 0 aromatic heterocycles. The number of aryl methyl sites for hydroxylation is 1. The first-order valence-corrected chi connectivity index (χ1v) is 8.08. The highest BCUT2D eigenvalue weighted by Gasteiger charge is 2.22. The molecule has 0 heterocycles. The van der Waals surface area contributed by atoms with Crippen molar-refractivity contribution >= 4 is 5.91 Å². The van der Waals surface area contributed by atoms with Gasteiger partial charge >= 0.3 is 0 Å². The molecule has 1 amide bonds. The summed E-state index contributed by atoms with van der Waals surface area (Å²) in [5, 5.41) is 3.17. The van der Waals surface area contributed by atoms with Crippen molar-refractivity contribution in [1.82, 2.24) is 10.2 Å². The van der Waals surface area contributed by atoms with Crippen LogP contribution < -0.4 is 5.32 Å². The van der Waals surface area contributed by atoms with Gasteiger partial charge in [0.1, 0.15) is 0 Å². The van der Waals surface area contributed by atoms with E-state index in [4.69, 9.17) is 0 Å². The van der Waals surface area contributed by atoms with E-state index in [1.54, 1.807) is 0 Å². The summed E-state index contributed by atoms with van der Waals surface area (Å²) in [4.78, 5) is 14.5. The summed E-state index contributed by atoms with van der Waals surface area (Å²) in [5.41, 5.74) is 2.53. The molecule has 0 spiro atoms. The van der Waals surface area contributed by atoms with Gasteiger partial charge in [-0.05, 0) is 39.4 Å². The van der Waals surface area contributed by atoms with Crippen LogP contribution in [0.15, 0.2) is 24.3 Å². The molecule has 1 fully saturated rings. The van der Waals surface area contributed by atoms with Crippen LogP contribution in [0.4, 0.5) is 0 Å². The molecule has 3 nitrogen and oxygen atoms in total. The van der Waals surface area contributed by atoms with Gasteiger partial charge in [-0.25, -0.2) is 0 Å². The van der Waals surface area contributed by atoms with E-state index >= 15 is 0 Å². The van der Waals surface area contributed by atoms with Crippen LogP contribution in [0, 0.1) is 12.8 Å². The fourth-order valence-electron chi connectivity index (χ4n) is 3.09.